The number of hydrogen-bond acceptors (Lipinski definition) is 5. The predicted molar refractivity (Wildman–Crippen MR) is 121 cm³/mol. The van der Waals surface area contributed by atoms with E-state index in [9.17, 15) is 14.4 Å². The molecule has 1 aliphatic rings. The van der Waals surface area contributed by atoms with Crippen molar-refractivity contribution in [2.24, 2.45) is 0 Å². The zero-order chi connectivity index (χ0) is 22.5. The molecule has 7 nitrogen and oxygen atoms in total. The average molecular weight is 434 g/mol. The Balaban J connectivity index is 1.62. The molecule has 2 heterocycles. The fourth-order valence-electron chi connectivity index (χ4n) is 4.06. The fourth-order valence-corrected chi connectivity index (χ4v) is 4.06. The number of amides is 1. The van der Waals surface area contributed by atoms with Crippen LogP contribution in [-0.2, 0) is 16.1 Å². The Morgan fingerprint density at radius 1 is 0.938 bits per heavy atom. The Bertz CT molecular complexity index is 1160. The molecular weight excluding hydrogens is 406 g/mol. The number of carbonyl (C=O) groups excluding carboxylic acids is 2. The highest BCUT2D eigenvalue weighted by Crippen LogP contribution is 2.17. The van der Waals surface area contributed by atoms with Gasteiger partial charge in [-0.2, -0.15) is 5.10 Å². The van der Waals surface area contributed by atoms with Gasteiger partial charge in [-0.25, -0.2) is 9.48 Å². The molecule has 0 radical (unpaired) electrons. The van der Waals surface area contributed by atoms with Gasteiger partial charge in [0.05, 0.1) is 11.9 Å². The number of fused-ring (bicyclic) bond motifs is 1. The molecule has 32 heavy (non-hydrogen) atoms. The summed E-state index contributed by atoms with van der Waals surface area (Å²) in [7, 11) is 0. The molecule has 0 N–H and O–H groups in total. The summed E-state index contributed by atoms with van der Waals surface area (Å²) in [5.74, 6) is -0.902. The van der Waals surface area contributed by atoms with Crippen LogP contribution in [0.1, 0.15) is 48.7 Å². The van der Waals surface area contributed by atoms with Crippen molar-refractivity contribution in [3.05, 3.63) is 76.2 Å². The lowest BCUT2D eigenvalue weighted by molar-refractivity contribution is -0.139. The second kappa shape index (κ2) is 9.77. The van der Waals surface area contributed by atoms with E-state index in [0.29, 0.717) is 23.9 Å². The van der Waals surface area contributed by atoms with Crippen LogP contribution in [0.2, 0.25) is 0 Å². The zero-order valence-corrected chi connectivity index (χ0v) is 18.2. The monoisotopic (exact) mass is 433 g/mol. The van der Waals surface area contributed by atoms with Gasteiger partial charge in [-0.05, 0) is 31.4 Å². The van der Waals surface area contributed by atoms with Crippen molar-refractivity contribution in [2.75, 3.05) is 13.1 Å². The topological polar surface area (TPSA) is 81.5 Å². The van der Waals surface area contributed by atoms with Crippen LogP contribution in [0.25, 0.3) is 10.8 Å². The van der Waals surface area contributed by atoms with E-state index >= 15 is 0 Å². The molecule has 1 aliphatic heterocycles. The molecule has 1 amide bonds. The highest BCUT2D eigenvalue weighted by molar-refractivity contribution is 6.02. The minimum atomic E-state index is -0.921. The molecule has 2 aromatic carbocycles. The van der Waals surface area contributed by atoms with Crippen LogP contribution in [0.4, 0.5) is 0 Å². The van der Waals surface area contributed by atoms with E-state index in [1.54, 1.807) is 36.1 Å². The van der Waals surface area contributed by atoms with E-state index in [4.69, 9.17) is 4.74 Å². The lowest BCUT2D eigenvalue weighted by atomic mass is 10.1. The SMILES string of the molecule is CC(OC(=O)c1nn(Cc2ccccc2)c(=O)c2ccccc12)C(=O)N1CCCCCC1. The summed E-state index contributed by atoms with van der Waals surface area (Å²) < 4.78 is 6.81. The van der Waals surface area contributed by atoms with Gasteiger partial charge < -0.3 is 9.64 Å². The van der Waals surface area contributed by atoms with E-state index in [1.807, 2.05) is 30.3 Å². The number of esters is 1. The Hall–Kier alpha value is -3.48. The van der Waals surface area contributed by atoms with Crippen LogP contribution < -0.4 is 5.56 Å². The normalized spacial score (nSPS) is 15.2. The number of likely N-dealkylation sites (tertiary alicyclic amines) is 1. The molecule has 1 fully saturated rings. The molecule has 7 heteroatoms. The largest absolute Gasteiger partial charge is 0.448 e. The molecule has 1 aromatic heterocycles. The Kier molecular flexibility index (Phi) is 6.63. The quantitative estimate of drug-likeness (QED) is 0.576. The molecule has 1 atom stereocenters. The summed E-state index contributed by atoms with van der Waals surface area (Å²) in [4.78, 5) is 40.6. The third-order valence-corrected chi connectivity index (χ3v) is 5.79. The highest BCUT2D eigenvalue weighted by Gasteiger charge is 2.27. The smallest absolute Gasteiger partial charge is 0.360 e. The van der Waals surface area contributed by atoms with Crippen molar-refractivity contribution < 1.29 is 14.3 Å². The summed E-state index contributed by atoms with van der Waals surface area (Å²) >= 11 is 0. The minimum Gasteiger partial charge on any atom is -0.448 e. The number of nitrogens with zero attached hydrogens (tertiary/aromatic N) is 3. The maximum atomic E-state index is 13.1. The summed E-state index contributed by atoms with van der Waals surface area (Å²) in [6, 6.07) is 16.3. The average Bonchev–Trinajstić information content (AvgIpc) is 3.10. The second-order valence-corrected chi connectivity index (χ2v) is 8.13. The number of ether oxygens (including phenoxy) is 1. The Morgan fingerprint density at radius 3 is 2.25 bits per heavy atom. The minimum absolute atomic E-state index is 0.0339. The Labute approximate surface area is 186 Å². The molecular formula is C25H27N3O4. The third-order valence-electron chi connectivity index (χ3n) is 5.79. The summed E-state index contributed by atoms with van der Waals surface area (Å²) in [5.41, 5.74) is 0.641. The van der Waals surface area contributed by atoms with Crippen LogP contribution >= 0.6 is 0 Å². The van der Waals surface area contributed by atoms with Gasteiger partial charge in [-0.15, -0.1) is 0 Å². The summed E-state index contributed by atoms with van der Waals surface area (Å²) in [6.45, 7) is 3.19. The van der Waals surface area contributed by atoms with Crippen LogP contribution in [0.5, 0.6) is 0 Å². The van der Waals surface area contributed by atoms with E-state index in [-0.39, 0.29) is 23.7 Å². The van der Waals surface area contributed by atoms with Gasteiger partial charge in [0.2, 0.25) is 0 Å². The summed E-state index contributed by atoms with van der Waals surface area (Å²) in [5, 5.41) is 5.14. The molecule has 0 bridgehead atoms. The highest BCUT2D eigenvalue weighted by atomic mass is 16.5. The number of carbonyl (C=O) groups is 2. The van der Waals surface area contributed by atoms with E-state index in [2.05, 4.69) is 5.10 Å². The molecule has 1 saturated heterocycles. The van der Waals surface area contributed by atoms with Gasteiger partial charge in [0, 0.05) is 18.5 Å². The first-order chi connectivity index (χ1) is 15.5. The standard InChI is InChI=1S/C25H27N3O4/c1-18(23(29)27-15-9-2-3-10-16-27)32-25(31)22-20-13-7-8-14-21(20)24(30)28(26-22)17-19-11-5-4-6-12-19/h4-8,11-14,18H,2-3,9-10,15-17H2,1H3. The van der Waals surface area contributed by atoms with Crippen molar-refractivity contribution in [2.45, 2.75) is 45.3 Å². The first kappa shape index (κ1) is 21.7. The first-order valence-corrected chi connectivity index (χ1v) is 11.1. The predicted octanol–water partition coefficient (Wildman–Crippen LogP) is 3.39. The first-order valence-electron chi connectivity index (χ1n) is 11.1. The van der Waals surface area contributed by atoms with E-state index in [0.717, 1.165) is 31.2 Å². The van der Waals surface area contributed by atoms with Gasteiger partial charge in [0.1, 0.15) is 0 Å². The van der Waals surface area contributed by atoms with Crippen LogP contribution in [0.15, 0.2) is 59.4 Å². The molecule has 3 aromatic rings. The molecule has 1 unspecified atom stereocenters. The fraction of sp³-hybridized carbons (Fsp3) is 0.360. The van der Waals surface area contributed by atoms with Crippen molar-refractivity contribution in [3.8, 4) is 0 Å². The van der Waals surface area contributed by atoms with Crippen molar-refractivity contribution in [1.82, 2.24) is 14.7 Å². The van der Waals surface area contributed by atoms with Gasteiger partial charge in [-0.1, -0.05) is 61.4 Å². The number of benzene rings is 2. The van der Waals surface area contributed by atoms with Crippen LogP contribution in [-0.4, -0.2) is 45.8 Å². The van der Waals surface area contributed by atoms with E-state index in [1.165, 1.54) is 4.68 Å². The second-order valence-electron chi connectivity index (χ2n) is 8.13. The molecule has 166 valence electrons. The molecule has 0 spiro atoms. The number of rotatable bonds is 5. The van der Waals surface area contributed by atoms with Gasteiger partial charge in [0.15, 0.2) is 11.8 Å². The third kappa shape index (κ3) is 4.72. The van der Waals surface area contributed by atoms with Crippen molar-refractivity contribution in [3.63, 3.8) is 0 Å². The number of hydrogen-bond donors (Lipinski definition) is 0. The molecule has 4 rings (SSSR count). The Morgan fingerprint density at radius 2 is 1.56 bits per heavy atom. The lowest BCUT2D eigenvalue weighted by Crippen LogP contribution is -2.40. The van der Waals surface area contributed by atoms with Crippen molar-refractivity contribution >= 4 is 22.6 Å². The van der Waals surface area contributed by atoms with E-state index < -0.39 is 12.1 Å². The van der Waals surface area contributed by atoms with Crippen LogP contribution in [0.3, 0.4) is 0 Å². The van der Waals surface area contributed by atoms with Gasteiger partial charge in [-0.3, -0.25) is 9.59 Å². The maximum Gasteiger partial charge on any atom is 0.360 e. The van der Waals surface area contributed by atoms with Gasteiger partial charge in [0.25, 0.3) is 11.5 Å². The van der Waals surface area contributed by atoms with Gasteiger partial charge >= 0.3 is 5.97 Å². The zero-order valence-electron chi connectivity index (χ0n) is 18.2. The van der Waals surface area contributed by atoms with Crippen LogP contribution in [0, 0.1) is 0 Å². The lowest BCUT2D eigenvalue weighted by Gasteiger charge is -2.24. The molecule has 0 aliphatic carbocycles. The van der Waals surface area contributed by atoms with Crippen molar-refractivity contribution in [1.29, 1.82) is 0 Å². The maximum absolute atomic E-state index is 13.1. The summed E-state index contributed by atoms with van der Waals surface area (Å²) in [6.07, 6.45) is 3.22. The molecule has 0 saturated carbocycles. The number of aromatic nitrogens is 2.